The zero-order chi connectivity index (χ0) is 38.3. The first kappa shape index (κ1) is 37.0. The van der Waals surface area contributed by atoms with Gasteiger partial charge in [-0.25, -0.2) is 18.2 Å². The Hall–Kier alpha value is -5.37. The molecule has 3 aliphatic rings. The summed E-state index contributed by atoms with van der Waals surface area (Å²) in [5, 5.41) is 12.8. The highest BCUT2D eigenvalue weighted by molar-refractivity contribution is 7.23. The van der Waals surface area contributed by atoms with E-state index in [-0.39, 0.29) is 90.8 Å². The van der Waals surface area contributed by atoms with Crippen molar-refractivity contribution in [3.8, 4) is 29.0 Å². The van der Waals surface area contributed by atoms with Crippen LogP contribution < -0.4 is 31.2 Å². The summed E-state index contributed by atoms with van der Waals surface area (Å²) in [5.41, 5.74) is 12.6. The van der Waals surface area contributed by atoms with Gasteiger partial charge >= 0.3 is 6.01 Å². The van der Waals surface area contributed by atoms with Crippen molar-refractivity contribution in [3.05, 3.63) is 70.9 Å². The molecule has 3 aliphatic heterocycles. The number of rotatable bonds is 7. The van der Waals surface area contributed by atoms with Gasteiger partial charge in [-0.2, -0.15) is 15.2 Å². The molecule has 0 bridgehead atoms. The van der Waals surface area contributed by atoms with Crippen LogP contribution in [-0.2, 0) is 4.79 Å². The van der Waals surface area contributed by atoms with Gasteiger partial charge in [0.2, 0.25) is 5.91 Å². The number of halogens is 4. The summed E-state index contributed by atoms with van der Waals surface area (Å²) < 4.78 is 55.9. The van der Waals surface area contributed by atoms with Gasteiger partial charge in [-0.1, -0.05) is 30.3 Å². The second kappa shape index (κ2) is 15.2. The molecule has 8 rings (SSSR count). The number of methoxy groups -OCH3 is 1. The molecule has 2 aromatic carbocycles. The Bertz CT molecular complexity index is 2330. The number of amides is 1. The Kier molecular flexibility index (Phi) is 10.4. The van der Waals surface area contributed by atoms with Crippen LogP contribution in [0, 0.1) is 23.0 Å². The van der Waals surface area contributed by atoms with Gasteiger partial charge < -0.3 is 31.2 Å². The molecule has 0 saturated carbocycles. The van der Waals surface area contributed by atoms with Gasteiger partial charge in [0.15, 0.2) is 11.6 Å². The molecular weight excluding hydrogens is 743 g/mol. The number of carbonyl (C=O) groups excluding carboxylic acids is 1. The van der Waals surface area contributed by atoms with E-state index in [1.807, 2.05) is 6.07 Å². The quantitative estimate of drug-likeness (QED) is 0.158. The standard InChI is InChI=1S/C30H23ClF2N8O3S.C7H12FN/c1-3-18(42)38-12-17(13-5-4-8-37-27(13)35)41-9-10-44-25-21-24(39-30(43-2)40-29(21)41)23(33)20(22(25)31)14-6-7-16(32)26-19(14)15(11-34)28(36)45-26;8-6-4-7-2-1-3-9(7)5-6/h3-8,17H,1,9-10,12,36H2,2H3,(H2,35,37)(H,38,42);6-7H,1-5H2. The Morgan fingerprint density at radius 3 is 2.81 bits per heavy atom. The molecule has 2 fully saturated rings. The summed E-state index contributed by atoms with van der Waals surface area (Å²) >= 11 is 7.82. The molecule has 2 saturated heterocycles. The Balaban J connectivity index is 0.000000433. The zero-order valence-corrected chi connectivity index (χ0v) is 30.6. The highest BCUT2D eigenvalue weighted by Crippen LogP contribution is 2.51. The highest BCUT2D eigenvalue weighted by Gasteiger charge is 2.36. The zero-order valence-electron chi connectivity index (χ0n) is 29.0. The van der Waals surface area contributed by atoms with E-state index in [1.54, 1.807) is 17.0 Å². The molecule has 1 amide bonds. The average Bonchev–Trinajstić information content (AvgIpc) is 3.81. The number of nitrogen functional groups attached to an aromatic ring is 2. The predicted octanol–water partition coefficient (Wildman–Crippen LogP) is 6.32. The first-order chi connectivity index (χ1) is 26.1. The number of thiophene rings is 1. The lowest BCUT2D eigenvalue weighted by atomic mass is 9.96. The SMILES string of the molecule is C=CC(=O)NCC(c1cccnc1N)N1CCOc2c(Cl)c(-c3ccc(F)c4sc(N)c(C#N)c34)c(F)c3nc(OC)nc1c23.FC1CC2CCCN2C1. The number of nitrogens with two attached hydrogens (primary N) is 2. The van der Waals surface area contributed by atoms with Crippen molar-refractivity contribution in [2.45, 2.75) is 37.5 Å². The maximum atomic E-state index is 16.9. The minimum atomic E-state index is -0.884. The largest absolute Gasteiger partial charge is 0.489 e. The number of aromatic nitrogens is 3. The lowest BCUT2D eigenvalue weighted by molar-refractivity contribution is -0.116. The number of hydrogen-bond donors (Lipinski definition) is 3. The topological polar surface area (TPSA) is 169 Å². The van der Waals surface area contributed by atoms with Crippen molar-refractivity contribution in [2.24, 2.45) is 0 Å². The van der Waals surface area contributed by atoms with Crippen molar-refractivity contribution in [1.82, 2.24) is 25.2 Å². The molecule has 0 radical (unpaired) electrons. The summed E-state index contributed by atoms with van der Waals surface area (Å²) in [6, 6.07) is 7.71. The van der Waals surface area contributed by atoms with Crippen molar-refractivity contribution in [2.75, 3.05) is 56.3 Å². The summed E-state index contributed by atoms with van der Waals surface area (Å²) in [7, 11) is 1.33. The molecule has 54 heavy (non-hydrogen) atoms. The maximum absolute atomic E-state index is 16.9. The minimum Gasteiger partial charge on any atom is -0.489 e. The van der Waals surface area contributed by atoms with Crippen molar-refractivity contribution >= 4 is 66.5 Å². The second-order valence-electron chi connectivity index (χ2n) is 13.0. The van der Waals surface area contributed by atoms with Crippen LogP contribution in [0.5, 0.6) is 11.8 Å². The molecule has 3 aromatic heterocycles. The summed E-state index contributed by atoms with van der Waals surface area (Å²) in [5.74, 6) is -1.46. The summed E-state index contributed by atoms with van der Waals surface area (Å²) in [6.07, 6.45) is 5.48. The van der Waals surface area contributed by atoms with Gasteiger partial charge in [0.05, 0.1) is 40.4 Å². The third-order valence-corrected chi connectivity index (χ3v) is 11.3. The first-order valence-corrected chi connectivity index (χ1v) is 18.3. The fraction of sp³-hybridized carbons (Fsp3) is 0.324. The van der Waals surface area contributed by atoms with Gasteiger partial charge in [-0.3, -0.25) is 9.69 Å². The van der Waals surface area contributed by atoms with Crippen LogP contribution in [0.25, 0.3) is 32.1 Å². The molecule has 17 heteroatoms. The lowest BCUT2D eigenvalue weighted by Gasteiger charge is -2.33. The van der Waals surface area contributed by atoms with E-state index in [4.69, 9.17) is 32.5 Å². The van der Waals surface area contributed by atoms with Gasteiger partial charge in [0.1, 0.15) is 46.8 Å². The smallest absolute Gasteiger partial charge is 0.318 e. The van der Waals surface area contributed by atoms with Crippen molar-refractivity contribution in [3.63, 3.8) is 0 Å². The van der Waals surface area contributed by atoms with Crippen LogP contribution >= 0.6 is 22.9 Å². The van der Waals surface area contributed by atoms with Crippen molar-refractivity contribution in [1.29, 1.82) is 5.26 Å². The molecule has 5 N–H and O–H groups in total. The number of hydrogen-bond acceptors (Lipinski definition) is 12. The molecule has 5 aromatic rings. The van der Waals surface area contributed by atoms with Gasteiger partial charge in [-0.05, 0) is 49.6 Å². The van der Waals surface area contributed by atoms with E-state index < -0.39 is 29.8 Å². The predicted molar refractivity (Wildman–Crippen MR) is 203 cm³/mol. The first-order valence-electron chi connectivity index (χ1n) is 17.1. The molecule has 0 aliphatic carbocycles. The fourth-order valence-corrected chi connectivity index (χ4v) is 8.75. The van der Waals surface area contributed by atoms with Crippen LogP contribution in [0.4, 0.5) is 29.8 Å². The number of nitrogens with one attached hydrogen (secondary N) is 1. The average molecular weight is 778 g/mol. The maximum Gasteiger partial charge on any atom is 0.318 e. The number of alkyl halides is 1. The third-order valence-electron chi connectivity index (χ3n) is 9.90. The van der Waals surface area contributed by atoms with E-state index in [2.05, 4.69) is 31.7 Å². The normalized spacial score (nSPS) is 18.3. The lowest BCUT2D eigenvalue weighted by Crippen LogP contribution is -2.40. The summed E-state index contributed by atoms with van der Waals surface area (Å²) in [4.78, 5) is 29.4. The van der Waals surface area contributed by atoms with Gasteiger partial charge in [0, 0.05) is 41.8 Å². The number of fused-ring (bicyclic) bond motifs is 2. The van der Waals surface area contributed by atoms with Crippen LogP contribution in [0.15, 0.2) is 43.1 Å². The van der Waals surface area contributed by atoms with Crippen LogP contribution in [-0.4, -0.2) is 77.9 Å². The van der Waals surface area contributed by atoms with E-state index in [1.165, 1.54) is 32.2 Å². The number of carbonyl (C=O) groups is 1. The third kappa shape index (κ3) is 6.56. The van der Waals surface area contributed by atoms with Gasteiger partial charge in [0.25, 0.3) is 0 Å². The van der Waals surface area contributed by atoms with Gasteiger partial charge in [-0.15, -0.1) is 11.3 Å². The molecule has 3 unspecified atom stereocenters. The molecular formula is C37H35ClF3N9O3S. The number of anilines is 3. The number of benzene rings is 2. The van der Waals surface area contributed by atoms with E-state index in [0.717, 1.165) is 36.4 Å². The molecule has 0 spiro atoms. The Labute approximate surface area is 317 Å². The Morgan fingerprint density at radius 1 is 1.28 bits per heavy atom. The fourth-order valence-electron chi connectivity index (χ4n) is 7.47. The van der Waals surface area contributed by atoms with Crippen LogP contribution in [0.1, 0.15) is 36.4 Å². The number of pyridine rings is 1. The number of nitrogens with zero attached hydrogens (tertiary/aromatic N) is 6. The van der Waals surface area contributed by atoms with Crippen molar-refractivity contribution < 1.29 is 27.4 Å². The molecule has 12 nitrogen and oxygen atoms in total. The number of nitriles is 1. The molecule has 6 heterocycles. The number of ether oxygens (including phenoxy) is 2. The summed E-state index contributed by atoms with van der Waals surface area (Å²) in [6.45, 7) is 5.63. The highest BCUT2D eigenvalue weighted by atomic mass is 35.5. The van der Waals surface area contributed by atoms with Crippen LogP contribution in [0.3, 0.4) is 0 Å². The molecule has 280 valence electrons. The molecule has 3 atom stereocenters. The van der Waals surface area contributed by atoms with Crippen LogP contribution in [0.2, 0.25) is 5.02 Å². The van der Waals surface area contributed by atoms with E-state index in [9.17, 15) is 18.8 Å². The van der Waals surface area contributed by atoms with E-state index >= 15 is 4.39 Å². The Morgan fingerprint density at radius 2 is 2.09 bits per heavy atom. The minimum absolute atomic E-state index is 0.00236. The monoisotopic (exact) mass is 777 g/mol. The van der Waals surface area contributed by atoms with E-state index in [0.29, 0.717) is 18.2 Å². The second-order valence-corrected chi connectivity index (χ2v) is 14.4.